The van der Waals surface area contributed by atoms with Crippen molar-refractivity contribution < 1.29 is 24.2 Å². The van der Waals surface area contributed by atoms with Crippen LogP contribution in [-0.4, -0.2) is 36.9 Å². The number of benzene rings is 1. The predicted molar refractivity (Wildman–Crippen MR) is 77.5 cm³/mol. The highest BCUT2D eigenvalue weighted by molar-refractivity contribution is 5.81. The Hall–Kier alpha value is -2.50. The standard InChI is InChI=1S/C15H19NO5/c1-4-9-21-12-7-5-11(6-8-12)10(2)13(14(17)18)16-15(19)20-3/h4-8,10,13H,1,9H2,2-3H3,(H,16,19)(H,17,18)/t10?,13-/m0/s1. The molecule has 1 rings (SSSR count). The molecule has 2 N–H and O–H groups in total. The van der Waals surface area contributed by atoms with Crippen molar-refractivity contribution in [2.75, 3.05) is 13.7 Å². The average Bonchev–Trinajstić information content (AvgIpc) is 2.49. The van der Waals surface area contributed by atoms with Crippen molar-refractivity contribution in [3.05, 3.63) is 42.5 Å². The number of hydrogen-bond donors (Lipinski definition) is 2. The van der Waals surface area contributed by atoms with Gasteiger partial charge < -0.3 is 19.9 Å². The Kier molecular flexibility index (Phi) is 6.26. The number of carboxylic acids is 1. The Bertz CT molecular complexity index is 497. The van der Waals surface area contributed by atoms with E-state index in [1.165, 1.54) is 7.11 Å². The van der Waals surface area contributed by atoms with Crippen molar-refractivity contribution in [2.24, 2.45) is 0 Å². The lowest BCUT2D eigenvalue weighted by atomic mass is 9.93. The van der Waals surface area contributed by atoms with E-state index in [2.05, 4.69) is 16.6 Å². The van der Waals surface area contributed by atoms with Crippen LogP contribution in [0.25, 0.3) is 0 Å². The first kappa shape index (κ1) is 16.6. The van der Waals surface area contributed by atoms with Crippen molar-refractivity contribution in [2.45, 2.75) is 18.9 Å². The molecule has 6 nitrogen and oxygen atoms in total. The van der Waals surface area contributed by atoms with E-state index < -0.39 is 24.0 Å². The molecule has 1 aromatic carbocycles. The lowest BCUT2D eigenvalue weighted by molar-refractivity contribution is -0.139. The van der Waals surface area contributed by atoms with Gasteiger partial charge in [-0.3, -0.25) is 0 Å². The van der Waals surface area contributed by atoms with Crippen LogP contribution in [0.1, 0.15) is 18.4 Å². The third-order valence-corrected chi connectivity index (χ3v) is 3.00. The van der Waals surface area contributed by atoms with Gasteiger partial charge in [0, 0.05) is 5.92 Å². The second-order valence-corrected chi connectivity index (χ2v) is 4.41. The minimum Gasteiger partial charge on any atom is -0.490 e. The maximum Gasteiger partial charge on any atom is 0.407 e. The monoisotopic (exact) mass is 293 g/mol. The maximum absolute atomic E-state index is 11.3. The summed E-state index contributed by atoms with van der Waals surface area (Å²) in [5.41, 5.74) is 0.768. The smallest absolute Gasteiger partial charge is 0.407 e. The minimum atomic E-state index is -1.13. The van der Waals surface area contributed by atoms with Gasteiger partial charge in [0.1, 0.15) is 18.4 Å². The first-order chi connectivity index (χ1) is 9.99. The summed E-state index contributed by atoms with van der Waals surface area (Å²) in [6, 6.07) is 5.94. The highest BCUT2D eigenvalue weighted by atomic mass is 16.5. The van der Waals surface area contributed by atoms with E-state index in [0.717, 1.165) is 5.56 Å². The Morgan fingerprint density at radius 2 is 2.00 bits per heavy atom. The molecule has 1 unspecified atom stereocenters. The van der Waals surface area contributed by atoms with Crippen LogP contribution in [0.5, 0.6) is 5.75 Å². The normalized spacial score (nSPS) is 12.9. The number of rotatable bonds is 7. The molecule has 21 heavy (non-hydrogen) atoms. The molecule has 6 heteroatoms. The van der Waals surface area contributed by atoms with Crippen LogP contribution in [0, 0.1) is 0 Å². The average molecular weight is 293 g/mol. The number of carboxylic acid groups (broad SMARTS) is 1. The van der Waals surface area contributed by atoms with Crippen LogP contribution >= 0.6 is 0 Å². The van der Waals surface area contributed by atoms with E-state index in [4.69, 9.17) is 4.74 Å². The number of aliphatic carboxylic acids is 1. The van der Waals surface area contributed by atoms with Gasteiger partial charge in [0.15, 0.2) is 0 Å². The molecular formula is C15H19NO5. The van der Waals surface area contributed by atoms with Gasteiger partial charge in [0.05, 0.1) is 7.11 Å². The first-order valence-corrected chi connectivity index (χ1v) is 6.40. The molecule has 0 aliphatic rings. The molecule has 0 saturated carbocycles. The van der Waals surface area contributed by atoms with E-state index in [0.29, 0.717) is 12.4 Å². The number of amides is 1. The van der Waals surface area contributed by atoms with Crippen molar-refractivity contribution >= 4 is 12.1 Å². The zero-order valence-corrected chi connectivity index (χ0v) is 12.0. The largest absolute Gasteiger partial charge is 0.490 e. The summed E-state index contributed by atoms with van der Waals surface area (Å²) in [6.45, 7) is 5.67. The molecule has 0 aliphatic carbocycles. The number of carbonyl (C=O) groups is 2. The fourth-order valence-electron chi connectivity index (χ4n) is 1.80. The van der Waals surface area contributed by atoms with E-state index in [1.54, 1.807) is 37.3 Å². The maximum atomic E-state index is 11.3. The number of ether oxygens (including phenoxy) is 2. The summed E-state index contributed by atoms with van der Waals surface area (Å²) >= 11 is 0. The van der Waals surface area contributed by atoms with E-state index in [1.807, 2.05) is 0 Å². The molecule has 1 amide bonds. The van der Waals surface area contributed by atoms with Gasteiger partial charge in [-0.15, -0.1) is 0 Å². The van der Waals surface area contributed by atoms with Gasteiger partial charge >= 0.3 is 12.1 Å². The topological polar surface area (TPSA) is 84.9 Å². The highest BCUT2D eigenvalue weighted by Crippen LogP contribution is 2.22. The van der Waals surface area contributed by atoms with Crippen molar-refractivity contribution in [3.63, 3.8) is 0 Å². The molecular weight excluding hydrogens is 274 g/mol. The Morgan fingerprint density at radius 3 is 2.48 bits per heavy atom. The zero-order valence-electron chi connectivity index (χ0n) is 12.0. The summed E-state index contributed by atoms with van der Waals surface area (Å²) in [6.07, 6.45) is 0.859. The van der Waals surface area contributed by atoms with Crippen LogP contribution in [0.3, 0.4) is 0 Å². The molecule has 0 radical (unpaired) electrons. The number of methoxy groups -OCH3 is 1. The molecule has 0 bridgehead atoms. The molecule has 2 atom stereocenters. The lowest BCUT2D eigenvalue weighted by Crippen LogP contribution is -2.44. The summed E-state index contributed by atoms with van der Waals surface area (Å²) < 4.78 is 9.79. The van der Waals surface area contributed by atoms with Gasteiger partial charge in [-0.1, -0.05) is 31.7 Å². The number of nitrogens with one attached hydrogen (secondary N) is 1. The lowest BCUT2D eigenvalue weighted by Gasteiger charge is -2.21. The van der Waals surface area contributed by atoms with Gasteiger partial charge in [-0.05, 0) is 17.7 Å². The van der Waals surface area contributed by atoms with Crippen LogP contribution in [0.15, 0.2) is 36.9 Å². The van der Waals surface area contributed by atoms with E-state index in [-0.39, 0.29) is 0 Å². The minimum absolute atomic E-state index is 0.399. The van der Waals surface area contributed by atoms with Gasteiger partial charge in [-0.2, -0.15) is 0 Å². The fourth-order valence-corrected chi connectivity index (χ4v) is 1.80. The third-order valence-electron chi connectivity index (χ3n) is 3.00. The molecule has 0 aromatic heterocycles. The first-order valence-electron chi connectivity index (χ1n) is 6.40. The number of carbonyl (C=O) groups excluding carboxylic acids is 1. The highest BCUT2D eigenvalue weighted by Gasteiger charge is 2.28. The molecule has 0 saturated heterocycles. The molecule has 114 valence electrons. The quantitative estimate of drug-likeness (QED) is 0.753. The fraction of sp³-hybridized carbons (Fsp3) is 0.333. The predicted octanol–water partition coefficient (Wildman–Crippen LogP) is 2.16. The Labute approximate surface area is 123 Å². The van der Waals surface area contributed by atoms with Crippen LogP contribution in [0.4, 0.5) is 4.79 Å². The summed E-state index contributed by atoms with van der Waals surface area (Å²) in [5.74, 6) is -0.881. The molecule has 1 aromatic rings. The second-order valence-electron chi connectivity index (χ2n) is 4.41. The number of hydrogen-bond acceptors (Lipinski definition) is 4. The molecule has 0 spiro atoms. The van der Waals surface area contributed by atoms with Crippen molar-refractivity contribution in [1.82, 2.24) is 5.32 Å². The van der Waals surface area contributed by atoms with Gasteiger partial charge in [-0.25, -0.2) is 9.59 Å². The Balaban J connectivity index is 2.83. The summed E-state index contributed by atoms with van der Waals surface area (Å²) in [7, 11) is 1.19. The van der Waals surface area contributed by atoms with E-state index in [9.17, 15) is 14.7 Å². The zero-order chi connectivity index (χ0) is 15.8. The van der Waals surface area contributed by atoms with Crippen molar-refractivity contribution in [1.29, 1.82) is 0 Å². The number of alkyl carbamates (subject to hydrolysis) is 1. The van der Waals surface area contributed by atoms with Crippen LogP contribution in [0.2, 0.25) is 0 Å². The summed E-state index contributed by atoms with van der Waals surface area (Å²) in [5, 5.41) is 11.5. The SMILES string of the molecule is C=CCOc1ccc(C(C)[C@H](NC(=O)OC)C(=O)O)cc1. The molecule has 0 fully saturated rings. The van der Waals surface area contributed by atoms with Gasteiger partial charge in [0.2, 0.25) is 0 Å². The van der Waals surface area contributed by atoms with Crippen LogP contribution in [-0.2, 0) is 9.53 Å². The van der Waals surface area contributed by atoms with Crippen LogP contribution < -0.4 is 10.1 Å². The third kappa shape index (κ3) is 4.83. The molecule has 0 heterocycles. The molecule has 0 aliphatic heterocycles. The second kappa shape index (κ2) is 7.94. The van der Waals surface area contributed by atoms with Gasteiger partial charge in [0.25, 0.3) is 0 Å². The Morgan fingerprint density at radius 1 is 1.38 bits per heavy atom. The summed E-state index contributed by atoms with van der Waals surface area (Å²) in [4.78, 5) is 22.5. The van der Waals surface area contributed by atoms with Crippen molar-refractivity contribution in [3.8, 4) is 5.75 Å². The van der Waals surface area contributed by atoms with E-state index >= 15 is 0 Å².